The Morgan fingerprint density at radius 2 is 1.80 bits per heavy atom. The smallest absolute Gasteiger partial charge is 0.265 e. The Morgan fingerprint density at radius 3 is 2.43 bits per heavy atom. The van der Waals surface area contributed by atoms with Crippen LogP contribution in [0.25, 0.3) is 5.69 Å². The summed E-state index contributed by atoms with van der Waals surface area (Å²) in [5, 5.41) is 26.1. The number of rotatable bonds is 12. The molecule has 3 aromatic rings. The average molecular weight is 638 g/mol. The first-order valence-electron chi connectivity index (χ1n) is 15.2. The highest BCUT2D eigenvalue weighted by atomic mass is 35.5. The molecule has 0 radical (unpaired) electrons. The van der Waals surface area contributed by atoms with Gasteiger partial charge >= 0.3 is 0 Å². The van der Waals surface area contributed by atoms with Crippen molar-refractivity contribution in [2.24, 2.45) is 0 Å². The lowest BCUT2D eigenvalue weighted by Crippen LogP contribution is -2.41. The number of nitrogens with one attached hydrogen (secondary N) is 1. The van der Waals surface area contributed by atoms with Gasteiger partial charge in [0, 0.05) is 5.56 Å². The van der Waals surface area contributed by atoms with Crippen LogP contribution in [0.2, 0.25) is 0 Å². The maximum Gasteiger partial charge on any atom is 0.265 e. The van der Waals surface area contributed by atoms with Gasteiger partial charge in [-0.2, -0.15) is 4.68 Å². The SMILES string of the molecule is CCC(Oc1ccc(C(C)(C)CC)cc1C(C)(C)CC)C(=O)NC1=CC(Sc2nnnn2-c2ccccc2)C(C)(Cl)C=C1O. The van der Waals surface area contributed by atoms with Crippen LogP contribution in [0.1, 0.15) is 85.8 Å². The Bertz CT molecular complexity index is 1530. The number of carbonyl (C=O) groups is 1. The molecule has 0 saturated carbocycles. The van der Waals surface area contributed by atoms with Crippen molar-refractivity contribution in [3.8, 4) is 11.4 Å². The number of tetrazole rings is 1. The summed E-state index contributed by atoms with van der Waals surface area (Å²) in [6.45, 7) is 16.9. The third-order valence-corrected chi connectivity index (χ3v) is 10.5. The number of hydrogen-bond acceptors (Lipinski definition) is 7. The number of benzene rings is 2. The summed E-state index contributed by atoms with van der Waals surface area (Å²) in [6, 6.07) is 15.9. The van der Waals surface area contributed by atoms with Gasteiger partial charge in [-0.15, -0.1) is 16.7 Å². The number of aliphatic hydroxyl groups is 1. The van der Waals surface area contributed by atoms with Crippen molar-refractivity contribution in [2.75, 3.05) is 0 Å². The molecule has 2 aromatic carbocycles. The lowest BCUT2D eigenvalue weighted by molar-refractivity contribution is -0.127. The van der Waals surface area contributed by atoms with E-state index in [1.54, 1.807) is 17.7 Å². The number of alkyl halides is 1. The van der Waals surface area contributed by atoms with Crippen LogP contribution in [0.5, 0.6) is 5.75 Å². The molecule has 0 spiro atoms. The number of ether oxygens (including phenoxy) is 1. The van der Waals surface area contributed by atoms with E-state index in [1.165, 1.54) is 23.4 Å². The molecule has 1 aliphatic rings. The molecule has 8 nitrogen and oxygen atoms in total. The topological polar surface area (TPSA) is 102 Å². The Hall–Kier alpha value is -3.30. The summed E-state index contributed by atoms with van der Waals surface area (Å²) in [4.78, 5) is 12.7. The number of thioether (sulfide) groups is 1. The zero-order valence-electron chi connectivity index (χ0n) is 26.9. The zero-order valence-corrected chi connectivity index (χ0v) is 28.5. The van der Waals surface area contributed by atoms with Gasteiger partial charge in [-0.1, -0.05) is 90.6 Å². The van der Waals surface area contributed by atoms with Gasteiger partial charge in [0.2, 0.25) is 5.16 Å². The highest BCUT2D eigenvalue weighted by Gasteiger charge is 2.37. The van der Waals surface area contributed by atoms with Crippen molar-refractivity contribution in [3.63, 3.8) is 0 Å². The van der Waals surface area contributed by atoms with Gasteiger partial charge in [0.25, 0.3) is 5.91 Å². The summed E-state index contributed by atoms with van der Waals surface area (Å²) >= 11 is 8.20. The van der Waals surface area contributed by atoms with Crippen LogP contribution >= 0.6 is 23.4 Å². The van der Waals surface area contributed by atoms with Crippen molar-refractivity contribution in [1.29, 1.82) is 0 Å². The predicted octanol–water partition coefficient (Wildman–Crippen LogP) is 7.81. The Morgan fingerprint density at radius 1 is 1.11 bits per heavy atom. The number of hydrogen-bond donors (Lipinski definition) is 2. The molecule has 0 fully saturated rings. The molecule has 1 heterocycles. The number of allylic oxidation sites excluding steroid dienone is 1. The first-order valence-corrected chi connectivity index (χ1v) is 16.4. The van der Waals surface area contributed by atoms with Gasteiger partial charge in [0.15, 0.2) is 6.10 Å². The van der Waals surface area contributed by atoms with E-state index < -0.39 is 16.2 Å². The number of aromatic nitrogens is 4. The molecule has 4 rings (SSSR count). The summed E-state index contributed by atoms with van der Waals surface area (Å²) in [5.74, 6) is 0.235. The van der Waals surface area contributed by atoms with E-state index >= 15 is 0 Å². The standard InChI is InChI=1S/C34H44ClN5O3S/c1-9-27(43-28-18-17-22(32(4,5)10-2)19-24(28)33(6,7)11-3)30(42)36-25-20-29(34(8,35)21-26(25)41)44-31-37-38-39-40(31)23-15-13-12-14-16-23/h12-21,27,29,41H,9-11H2,1-8H3,(H,36,42). The quantitative estimate of drug-likeness (QED) is 0.195. The molecule has 1 amide bonds. The maximum absolute atomic E-state index is 13.6. The maximum atomic E-state index is 13.6. The normalized spacial score (nSPS) is 19.6. The van der Waals surface area contributed by atoms with Gasteiger partial charge in [-0.25, -0.2) is 0 Å². The molecule has 10 heteroatoms. The molecule has 3 atom stereocenters. The number of carbonyl (C=O) groups excluding carboxylic acids is 1. The fourth-order valence-electron chi connectivity index (χ4n) is 4.84. The second-order valence-electron chi connectivity index (χ2n) is 12.7. The van der Waals surface area contributed by atoms with Crippen LogP contribution in [-0.2, 0) is 15.6 Å². The van der Waals surface area contributed by atoms with E-state index in [2.05, 4.69) is 74.5 Å². The Labute approximate surface area is 270 Å². The van der Waals surface area contributed by atoms with Crippen LogP contribution in [0.4, 0.5) is 0 Å². The van der Waals surface area contributed by atoms with E-state index in [0.717, 1.165) is 24.1 Å². The molecular formula is C34H44ClN5O3S. The molecule has 236 valence electrons. The number of halogens is 1. The molecule has 0 bridgehead atoms. The lowest BCUT2D eigenvalue weighted by Gasteiger charge is -2.32. The number of amides is 1. The molecule has 2 N–H and O–H groups in total. The third-order valence-electron chi connectivity index (χ3n) is 8.69. The van der Waals surface area contributed by atoms with Crippen LogP contribution in [0.15, 0.2) is 77.3 Å². The van der Waals surface area contributed by atoms with Gasteiger partial charge in [0.05, 0.1) is 21.5 Å². The van der Waals surface area contributed by atoms with Crippen molar-refractivity contribution < 1.29 is 14.6 Å². The minimum Gasteiger partial charge on any atom is -0.506 e. The van der Waals surface area contributed by atoms with Gasteiger partial charge in [-0.3, -0.25) is 4.79 Å². The molecule has 1 aliphatic carbocycles. The lowest BCUT2D eigenvalue weighted by atomic mass is 9.76. The van der Waals surface area contributed by atoms with Crippen molar-refractivity contribution in [1.82, 2.24) is 25.5 Å². The van der Waals surface area contributed by atoms with Crippen molar-refractivity contribution in [3.05, 3.63) is 83.3 Å². The number of para-hydroxylation sites is 1. The van der Waals surface area contributed by atoms with Gasteiger partial charge < -0.3 is 15.2 Å². The van der Waals surface area contributed by atoms with E-state index in [0.29, 0.717) is 17.3 Å². The highest BCUT2D eigenvalue weighted by molar-refractivity contribution is 8.00. The van der Waals surface area contributed by atoms with Crippen molar-refractivity contribution in [2.45, 2.75) is 107 Å². The summed E-state index contributed by atoms with van der Waals surface area (Å²) in [5.41, 5.74) is 3.26. The van der Waals surface area contributed by atoms with Crippen LogP contribution in [0.3, 0.4) is 0 Å². The molecule has 1 aromatic heterocycles. The van der Waals surface area contributed by atoms with E-state index in [1.807, 2.05) is 43.3 Å². The first-order chi connectivity index (χ1) is 20.7. The fourth-order valence-corrected chi connectivity index (χ4v) is 6.20. The molecular weight excluding hydrogens is 594 g/mol. The zero-order chi connectivity index (χ0) is 32.3. The van der Waals surface area contributed by atoms with Crippen molar-refractivity contribution >= 4 is 29.3 Å². The average Bonchev–Trinajstić information content (AvgIpc) is 3.46. The van der Waals surface area contributed by atoms with Crippen LogP contribution < -0.4 is 10.1 Å². The van der Waals surface area contributed by atoms with Crippen LogP contribution in [0, 0.1) is 0 Å². The van der Waals surface area contributed by atoms with Gasteiger partial charge in [-0.05, 0) is 83.4 Å². The van der Waals surface area contributed by atoms with E-state index in [4.69, 9.17) is 16.3 Å². The van der Waals surface area contributed by atoms with Crippen LogP contribution in [-0.4, -0.2) is 47.4 Å². The minimum atomic E-state index is -0.967. The second-order valence-corrected chi connectivity index (χ2v) is 14.6. The fraction of sp³-hybridized carbons (Fsp3) is 0.471. The van der Waals surface area contributed by atoms with E-state index in [-0.39, 0.29) is 28.2 Å². The molecule has 44 heavy (non-hydrogen) atoms. The summed E-state index contributed by atoms with van der Waals surface area (Å²) < 4.78 is 8.07. The summed E-state index contributed by atoms with van der Waals surface area (Å²) in [6.07, 6.45) is 4.87. The number of nitrogens with zero attached hydrogens (tertiary/aromatic N) is 4. The third kappa shape index (κ3) is 7.32. The molecule has 3 unspecified atom stereocenters. The summed E-state index contributed by atoms with van der Waals surface area (Å²) in [7, 11) is 0. The van der Waals surface area contributed by atoms with E-state index in [9.17, 15) is 9.90 Å². The number of aliphatic hydroxyl groups excluding tert-OH is 1. The molecule has 0 saturated heterocycles. The second kappa shape index (κ2) is 13.4. The minimum absolute atomic E-state index is 0.0196. The monoisotopic (exact) mass is 637 g/mol. The Kier molecular flexibility index (Phi) is 10.2. The highest BCUT2D eigenvalue weighted by Crippen LogP contribution is 2.41. The largest absolute Gasteiger partial charge is 0.506 e. The Balaban J connectivity index is 1.58. The predicted molar refractivity (Wildman–Crippen MR) is 178 cm³/mol. The first kappa shape index (κ1) is 33.6. The molecule has 0 aliphatic heterocycles. The van der Waals surface area contributed by atoms with Gasteiger partial charge in [0.1, 0.15) is 11.5 Å².